The van der Waals surface area contributed by atoms with Gasteiger partial charge in [0.25, 0.3) is 0 Å². The zero-order valence-electron chi connectivity index (χ0n) is 14.9. The average Bonchev–Trinajstić information content (AvgIpc) is 2.43. The van der Waals surface area contributed by atoms with E-state index in [9.17, 15) is 4.39 Å². The van der Waals surface area contributed by atoms with E-state index in [1.165, 1.54) is 12.1 Å². The van der Waals surface area contributed by atoms with Crippen LogP contribution in [-0.2, 0) is 4.43 Å². The minimum atomic E-state index is -1.75. The van der Waals surface area contributed by atoms with Gasteiger partial charge in [-0.25, -0.2) is 4.39 Å². The van der Waals surface area contributed by atoms with Crippen LogP contribution >= 0.6 is 0 Å². The summed E-state index contributed by atoms with van der Waals surface area (Å²) in [5, 5.41) is 0. The molecule has 0 saturated carbocycles. The molecule has 0 aromatic heterocycles. The topological polar surface area (TPSA) is 9.23 Å². The fourth-order valence-electron chi connectivity index (χ4n) is 3.60. The highest BCUT2D eigenvalue weighted by molar-refractivity contribution is 6.77. The van der Waals surface area contributed by atoms with Crippen LogP contribution in [0.3, 0.4) is 0 Å². The molecule has 0 aliphatic carbocycles. The van der Waals surface area contributed by atoms with Gasteiger partial charge in [0, 0.05) is 6.61 Å². The zero-order chi connectivity index (χ0) is 16.8. The molecule has 0 saturated heterocycles. The normalized spacial score (nSPS) is 13.0. The molecule has 1 rings (SSSR count). The van der Waals surface area contributed by atoms with E-state index in [4.69, 9.17) is 4.43 Å². The summed E-state index contributed by atoms with van der Waals surface area (Å²) in [4.78, 5) is 0. The summed E-state index contributed by atoms with van der Waals surface area (Å²) in [5.74, 6) is -0.193. The monoisotopic (exact) mass is 322 g/mol. The summed E-state index contributed by atoms with van der Waals surface area (Å²) in [6.07, 6.45) is 5.05. The number of halogens is 1. The zero-order valence-corrected chi connectivity index (χ0v) is 15.9. The molecule has 0 unspecified atom stereocenters. The van der Waals surface area contributed by atoms with Gasteiger partial charge in [0.2, 0.25) is 0 Å². The Labute approximate surface area is 136 Å². The van der Waals surface area contributed by atoms with Gasteiger partial charge in [-0.15, -0.1) is 0 Å². The smallest absolute Gasteiger partial charge is 0.200 e. The van der Waals surface area contributed by atoms with E-state index in [1.807, 2.05) is 6.08 Å². The summed E-state index contributed by atoms with van der Waals surface area (Å²) in [7, 11) is -1.75. The van der Waals surface area contributed by atoms with E-state index < -0.39 is 8.32 Å². The summed E-state index contributed by atoms with van der Waals surface area (Å²) in [6.45, 7) is 14.6. The molecule has 0 amide bonds. The van der Waals surface area contributed by atoms with Gasteiger partial charge in [-0.1, -0.05) is 65.8 Å². The first kappa shape index (κ1) is 19.1. The lowest BCUT2D eigenvalue weighted by Gasteiger charge is -2.42. The molecule has 0 heterocycles. The van der Waals surface area contributed by atoms with Crippen LogP contribution in [0.4, 0.5) is 4.39 Å². The third kappa shape index (κ3) is 4.78. The van der Waals surface area contributed by atoms with Crippen molar-refractivity contribution in [3.63, 3.8) is 0 Å². The molecule has 0 aliphatic heterocycles. The molecule has 0 atom stereocenters. The third-order valence-electron chi connectivity index (χ3n) is 4.52. The first-order chi connectivity index (χ1) is 10.3. The number of rotatable bonds is 8. The van der Waals surface area contributed by atoms with E-state index in [1.54, 1.807) is 12.1 Å². The Morgan fingerprint density at radius 3 is 1.91 bits per heavy atom. The van der Waals surface area contributed by atoms with E-state index in [0.29, 0.717) is 16.6 Å². The fourth-order valence-corrected chi connectivity index (χ4v) is 9.07. The summed E-state index contributed by atoms with van der Waals surface area (Å²) in [6, 6.07) is 6.57. The Kier molecular flexibility index (Phi) is 7.50. The molecule has 22 heavy (non-hydrogen) atoms. The second-order valence-corrected chi connectivity index (χ2v) is 12.4. The lowest BCUT2D eigenvalue weighted by Crippen LogP contribution is -2.47. The number of hydrogen-bond acceptors (Lipinski definition) is 1. The molecule has 0 spiro atoms. The molecule has 1 aromatic rings. The molecule has 3 heteroatoms. The molecular weight excluding hydrogens is 291 g/mol. The Morgan fingerprint density at radius 1 is 0.955 bits per heavy atom. The predicted octanol–water partition coefficient (Wildman–Crippen LogP) is 6.42. The van der Waals surface area contributed by atoms with Crippen molar-refractivity contribution in [3.05, 3.63) is 41.7 Å². The van der Waals surface area contributed by atoms with Crippen LogP contribution in [0.5, 0.6) is 0 Å². The molecule has 0 radical (unpaired) electrons. The molecule has 124 valence electrons. The maximum absolute atomic E-state index is 12.8. The van der Waals surface area contributed by atoms with Gasteiger partial charge in [-0.3, -0.25) is 0 Å². The molecule has 0 bridgehead atoms. The van der Waals surface area contributed by atoms with E-state index in [0.717, 1.165) is 18.6 Å². The molecule has 0 N–H and O–H groups in total. The highest BCUT2D eigenvalue weighted by atomic mass is 28.4. The lowest BCUT2D eigenvalue weighted by molar-refractivity contribution is 0.284. The molecule has 0 aliphatic rings. The van der Waals surface area contributed by atoms with Gasteiger partial charge >= 0.3 is 0 Å². The predicted molar refractivity (Wildman–Crippen MR) is 97.1 cm³/mol. The Bertz CT molecular complexity index is 441. The van der Waals surface area contributed by atoms with Gasteiger partial charge in [0.1, 0.15) is 5.82 Å². The Hall–Kier alpha value is -0.933. The Balaban J connectivity index is 2.58. The van der Waals surface area contributed by atoms with Crippen LogP contribution in [-0.4, -0.2) is 14.9 Å². The minimum Gasteiger partial charge on any atom is -0.416 e. The van der Waals surface area contributed by atoms with Crippen LogP contribution in [0.15, 0.2) is 30.3 Å². The van der Waals surface area contributed by atoms with Crippen LogP contribution in [0.1, 0.15) is 53.5 Å². The summed E-state index contributed by atoms with van der Waals surface area (Å²) >= 11 is 0. The van der Waals surface area contributed by atoms with Crippen LogP contribution in [0.25, 0.3) is 6.08 Å². The average molecular weight is 323 g/mol. The van der Waals surface area contributed by atoms with Crippen molar-refractivity contribution >= 4 is 14.4 Å². The summed E-state index contributed by atoms with van der Waals surface area (Å²) in [5.41, 5.74) is 2.89. The molecule has 1 nitrogen and oxygen atoms in total. The highest BCUT2D eigenvalue weighted by Crippen LogP contribution is 2.42. The summed E-state index contributed by atoms with van der Waals surface area (Å²) < 4.78 is 19.3. The fraction of sp³-hybridized carbons (Fsp3) is 0.579. The first-order valence-corrected chi connectivity index (χ1v) is 10.5. The van der Waals surface area contributed by atoms with Gasteiger partial charge in [0.15, 0.2) is 8.32 Å². The van der Waals surface area contributed by atoms with Crippen molar-refractivity contribution in [2.24, 2.45) is 0 Å². The van der Waals surface area contributed by atoms with Crippen molar-refractivity contribution in [2.45, 2.75) is 64.6 Å². The maximum Gasteiger partial charge on any atom is 0.200 e. The van der Waals surface area contributed by atoms with Crippen molar-refractivity contribution in [3.8, 4) is 0 Å². The van der Waals surface area contributed by atoms with Crippen molar-refractivity contribution in [2.75, 3.05) is 6.61 Å². The van der Waals surface area contributed by atoms with Crippen molar-refractivity contribution in [1.29, 1.82) is 0 Å². The van der Waals surface area contributed by atoms with E-state index >= 15 is 0 Å². The van der Waals surface area contributed by atoms with Gasteiger partial charge < -0.3 is 4.43 Å². The lowest BCUT2D eigenvalue weighted by atomic mass is 10.2. The van der Waals surface area contributed by atoms with Gasteiger partial charge in [-0.05, 0) is 40.7 Å². The van der Waals surface area contributed by atoms with E-state index in [2.05, 4.69) is 47.6 Å². The third-order valence-corrected chi connectivity index (χ3v) is 10.6. The number of benzene rings is 1. The molecular formula is C19H31FOSi. The minimum absolute atomic E-state index is 0.193. The number of hydrogen-bond donors (Lipinski definition) is 0. The highest BCUT2D eigenvalue weighted by Gasteiger charge is 2.44. The standard InChI is InChI=1S/C19H31FOSi/c1-15(2)22(16(3)4,17(5)6)21-14-8-7-9-18-10-12-19(20)13-11-18/h7,9-13,15-17H,8,14H2,1-6H3/b9-7+. The largest absolute Gasteiger partial charge is 0.416 e. The van der Waals surface area contributed by atoms with E-state index in [-0.39, 0.29) is 5.82 Å². The van der Waals surface area contributed by atoms with Crippen molar-refractivity contribution in [1.82, 2.24) is 0 Å². The molecule has 1 aromatic carbocycles. The Morgan fingerprint density at radius 2 is 1.45 bits per heavy atom. The maximum atomic E-state index is 12.8. The second-order valence-electron chi connectivity index (χ2n) is 6.91. The van der Waals surface area contributed by atoms with Crippen LogP contribution in [0, 0.1) is 5.82 Å². The van der Waals surface area contributed by atoms with Gasteiger partial charge in [-0.2, -0.15) is 0 Å². The van der Waals surface area contributed by atoms with Crippen molar-refractivity contribution < 1.29 is 8.82 Å². The first-order valence-electron chi connectivity index (χ1n) is 8.36. The van der Waals surface area contributed by atoms with Crippen LogP contribution < -0.4 is 0 Å². The SMILES string of the molecule is CC(C)[Si](OCC/C=C/c1ccc(F)cc1)(C(C)C)C(C)C. The quantitative estimate of drug-likeness (QED) is 0.396. The second kappa shape index (κ2) is 8.63. The van der Waals surface area contributed by atoms with Crippen LogP contribution in [0.2, 0.25) is 16.6 Å². The molecule has 0 fully saturated rings. The van der Waals surface area contributed by atoms with Gasteiger partial charge in [0.05, 0.1) is 0 Å².